The Balaban J connectivity index is 1.37. The number of benzene rings is 2. The predicted octanol–water partition coefficient (Wildman–Crippen LogP) is 4.32. The van der Waals surface area contributed by atoms with E-state index in [0.29, 0.717) is 10.2 Å². The molecule has 2 heterocycles. The van der Waals surface area contributed by atoms with Crippen LogP contribution in [0.25, 0.3) is 20.7 Å². The summed E-state index contributed by atoms with van der Waals surface area (Å²) in [6, 6.07) is 20.0. The summed E-state index contributed by atoms with van der Waals surface area (Å²) >= 11 is 1.49. The maximum Gasteiger partial charge on any atom is 0.262 e. The molecule has 1 aliphatic carbocycles. The number of nitrogens with zero attached hydrogens (tertiary/aromatic N) is 2. The van der Waals surface area contributed by atoms with Gasteiger partial charge in [-0.25, -0.2) is 4.98 Å². The maximum atomic E-state index is 12.9. The van der Waals surface area contributed by atoms with Crippen molar-refractivity contribution >= 4 is 27.5 Å². The summed E-state index contributed by atoms with van der Waals surface area (Å²) in [6.45, 7) is -0.0308. The molecule has 150 valence electrons. The van der Waals surface area contributed by atoms with Crippen molar-refractivity contribution in [3.05, 3.63) is 88.5 Å². The Morgan fingerprint density at radius 2 is 1.93 bits per heavy atom. The van der Waals surface area contributed by atoms with E-state index in [1.807, 2.05) is 48.5 Å². The second kappa shape index (κ2) is 7.88. The summed E-state index contributed by atoms with van der Waals surface area (Å²) in [7, 11) is 0. The summed E-state index contributed by atoms with van der Waals surface area (Å²) in [5.74, 6) is -0.168. The largest absolute Gasteiger partial charge is 0.348 e. The van der Waals surface area contributed by atoms with E-state index in [4.69, 9.17) is 0 Å². The highest BCUT2D eigenvalue weighted by atomic mass is 32.1. The van der Waals surface area contributed by atoms with E-state index in [1.165, 1.54) is 33.4 Å². The third-order valence-electron chi connectivity index (χ3n) is 5.60. The van der Waals surface area contributed by atoms with E-state index < -0.39 is 0 Å². The number of nitrogens with one attached hydrogen (secondary N) is 1. The van der Waals surface area contributed by atoms with Crippen LogP contribution < -0.4 is 10.9 Å². The van der Waals surface area contributed by atoms with E-state index in [0.717, 1.165) is 29.7 Å². The van der Waals surface area contributed by atoms with Gasteiger partial charge in [0, 0.05) is 4.88 Å². The minimum atomic E-state index is -0.183. The number of carbonyl (C=O) groups excluding carboxylic acids is 1. The third-order valence-corrected chi connectivity index (χ3v) is 6.69. The van der Waals surface area contributed by atoms with Gasteiger partial charge in [-0.15, -0.1) is 11.3 Å². The van der Waals surface area contributed by atoms with Crippen LogP contribution in [-0.2, 0) is 17.8 Å². The lowest BCUT2D eigenvalue weighted by Gasteiger charge is -2.26. The normalized spacial score (nSPS) is 15.7. The zero-order valence-electron chi connectivity index (χ0n) is 16.4. The Morgan fingerprint density at radius 1 is 1.13 bits per heavy atom. The Morgan fingerprint density at radius 3 is 2.80 bits per heavy atom. The zero-order chi connectivity index (χ0) is 20.5. The number of aromatic nitrogens is 2. The van der Waals surface area contributed by atoms with Crippen molar-refractivity contribution in [1.29, 1.82) is 0 Å². The van der Waals surface area contributed by atoms with E-state index in [1.54, 1.807) is 0 Å². The number of aryl methyl sites for hydroxylation is 1. The fourth-order valence-corrected chi connectivity index (χ4v) is 5.11. The van der Waals surface area contributed by atoms with Gasteiger partial charge in [0.2, 0.25) is 5.91 Å². The first-order valence-electron chi connectivity index (χ1n) is 10.1. The van der Waals surface area contributed by atoms with Crippen LogP contribution in [0.15, 0.2) is 71.8 Å². The topological polar surface area (TPSA) is 64.0 Å². The maximum absolute atomic E-state index is 12.9. The highest BCUT2D eigenvalue weighted by molar-refractivity contribution is 7.21. The van der Waals surface area contributed by atoms with Crippen molar-refractivity contribution in [1.82, 2.24) is 14.9 Å². The van der Waals surface area contributed by atoms with Gasteiger partial charge in [0.05, 0.1) is 17.8 Å². The molecule has 0 saturated carbocycles. The number of carbonyl (C=O) groups is 1. The SMILES string of the molecule is O=C(Cn1cnc2sc(-c3ccccc3)cc2c1=O)NC1CCCc2ccccc21. The van der Waals surface area contributed by atoms with Crippen LogP contribution in [0.5, 0.6) is 0 Å². The minimum Gasteiger partial charge on any atom is -0.348 e. The van der Waals surface area contributed by atoms with Gasteiger partial charge in [0.25, 0.3) is 5.56 Å². The molecule has 0 radical (unpaired) electrons. The van der Waals surface area contributed by atoms with Crippen molar-refractivity contribution in [3.63, 3.8) is 0 Å². The lowest BCUT2D eigenvalue weighted by atomic mass is 9.88. The van der Waals surface area contributed by atoms with Crippen LogP contribution in [0.3, 0.4) is 0 Å². The summed E-state index contributed by atoms with van der Waals surface area (Å²) in [5.41, 5.74) is 3.35. The molecule has 30 heavy (non-hydrogen) atoms. The number of fused-ring (bicyclic) bond motifs is 2. The average molecular weight is 416 g/mol. The smallest absolute Gasteiger partial charge is 0.262 e. The quantitative estimate of drug-likeness (QED) is 0.540. The molecule has 0 saturated heterocycles. The molecule has 2 aromatic heterocycles. The highest BCUT2D eigenvalue weighted by Crippen LogP contribution is 2.31. The number of hydrogen-bond acceptors (Lipinski definition) is 4. The number of amides is 1. The van der Waals surface area contributed by atoms with Crippen LogP contribution in [0.4, 0.5) is 0 Å². The van der Waals surface area contributed by atoms with E-state index in [-0.39, 0.29) is 24.1 Å². The molecule has 5 nitrogen and oxygen atoms in total. The van der Waals surface area contributed by atoms with Gasteiger partial charge in [0.1, 0.15) is 11.4 Å². The molecule has 0 fully saturated rings. The van der Waals surface area contributed by atoms with Crippen molar-refractivity contribution in [2.24, 2.45) is 0 Å². The van der Waals surface area contributed by atoms with E-state index in [2.05, 4.69) is 22.4 Å². The number of hydrogen-bond donors (Lipinski definition) is 1. The number of thiophene rings is 1. The first-order chi connectivity index (χ1) is 14.7. The molecule has 1 unspecified atom stereocenters. The second-order valence-electron chi connectivity index (χ2n) is 7.58. The Labute approximate surface area is 178 Å². The lowest BCUT2D eigenvalue weighted by molar-refractivity contribution is -0.122. The second-order valence-corrected chi connectivity index (χ2v) is 8.61. The summed E-state index contributed by atoms with van der Waals surface area (Å²) in [6.07, 6.45) is 4.49. The van der Waals surface area contributed by atoms with Gasteiger partial charge in [0.15, 0.2) is 0 Å². The Kier molecular flexibility index (Phi) is 4.93. The molecule has 2 aromatic carbocycles. The molecule has 1 atom stereocenters. The Hall–Kier alpha value is -3.25. The molecular formula is C24H21N3O2S. The van der Waals surface area contributed by atoms with Gasteiger partial charge in [-0.1, -0.05) is 54.6 Å². The molecule has 0 bridgehead atoms. The lowest BCUT2D eigenvalue weighted by Crippen LogP contribution is -2.36. The fourth-order valence-electron chi connectivity index (χ4n) is 4.12. The predicted molar refractivity (Wildman–Crippen MR) is 120 cm³/mol. The van der Waals surface area contributed by atoms with Gasteiger partial charge < -0.3 is 5.32 Å². The van der Waals surface area contributed by atoms with Gasteiger partial charge in [-0.2, -0.15) is 0 Å². The molecule has 0 spiro atoms. The van der Waals surface area contributed by atoms with Crippen LogP contribution in [0.2, 0.25) is 0 Å². The van der Waals surface area contributed by atoms with Gasteiger partial charge >= 0.3 is 0 Å². The first kappa shape index (κ1) is 18.8. The van der Waals surface area contributed by atoms with Crippen molar-refractivity contribution in [2.45, 2.75) is 31.8 Å². The van der Waals surface area contributed by atoms with Crippen LogP contribution in [0, 0.1) is 0 Å². The molecular weight excluding hydrogens is 394 g/mol. The number of rotatable bonds is 4. The average Bonchev–Trinajstić information content (AvgIpc) is 3.22. The van der Waals surface area contributed by atoms with Crippen molar-refractivity contribution in [3.8, 4) is 10.4 Å². The van der Waals surface area contributed by atoms with Crippen LogP contribution >= 0.6 is 11.3 Å². The molecule has 1 amide bonds. The molecule has 4 aromatic rings. The first-order valence-corrected chi connectivity index (χ1v) is 10.9. The van der Waals surface area contributed by atoms with Gasteiger partial charge in [-0.3, -0.25) is 14.2 Å². The van der Waals surface area contributed by atoms with Crippen LogP contribution in [-0.4, -0.2) is 15.5 Å². The molecule has 5 rings (SSSR count). The molecule has 1 aliphatic rings. The minimum absolute atomic E-state index is 0.000623. The van der Waals surface area contributed by atoms with Crippen molar-refractivity contribution < 1.29 is 4.79 Å². The zero-order valence-corrected chi connectivity index (χ0v) is 17.2. The molecule has 6 heteroatoms. The van der Waals surface area contributed by atoms with Crippen LogP contribution in [0.1, 0.15) is 30.0 Å². The van der Waals surface area contributed by atoms with E-state index >= 15 is 0 Å². The Bertz CT molecular complexity index is 1280. The summed E-state index contributed by atoms with van der Waals surface area (Å²) in [5, 5.41) is 3.66. The van der Waals surface area contributed by atoms with Gasteiger partial charge in [-0.05, 0) is 42.0 Å². The standard InChI is InChI=1S/C24H21N3O2S/c28-22(26-20-12-6-10-16-7-4-5-11-18(16)20)14-27-15-25-23-19(24(27)29)13-21(30-23)17-8-2-1-3-9-17/h1-5,7-9,11,13,15,20H,6,10,12,14H2,(H,26,28). The molecule has 1 N–H and O–H groups in total. The monoisotopic (exact) mass is 415 g/mol. The fraction of sp³-hybridized carbons (Fsp3) is 0.208. The third kappa shape index (κ3) is 3.55. The molecule has 0 aliphatic heterocycles. The van der Waals surface area contributed by atoms with E-state index in [9.17, 15) is 9.59 Å². The highest BCUT2D eigenvalue weighted by Gasteiger charge is 2.21. The van der Waals surface area contributed by atoms with Crippen molar-refractivity contribution in [2.75, 3.05) is 0 Å². The summed E-state index contributed by atoms with van der Waals surface area (Å²) in [4.78, 5) is 31.8. The summed E-state index contributed by atoms with van der Waals surface area (Å²) < 4.78 is 1.40.